The summed E-state index contributed by atoms with van der Waals surface area (Å²) in [7, 11) is 0. The van der Waals surface area contributed by atoms with E-state index < -0.39 is 0 Å². The summed E-state index contributed by atoms with van der Waals surface area (Å²) in [5.41, 5.74) is 1.28. The second kappa shape index (κ2) is 10.4. The molecule has 0 radical (unpaired) electrons. The minimum Gasteiger partial charge on any atom is -0.488 e. The number of hydrogen-bond acceptors (Lipinski definition) is 3. The molecule has 6 nitrogen and oxygen atoms in total. The third kappa shape index (κ3) is 5.89. The highest BCUT2D eigenvalue weighted by Gasteiger charge is 2.22. The van der Waals surface area contributed by atoms with Crippen LogP contribution >= 0.6 is 24.0 Å². The molecule has 142 valence electrons. The quantitative estimate of drug-likeness (QED) is 0.372. The highest BCUT2D eigenvalue weighted by atomic mass is 127. The van der Waals surface area contributed by atoms with Crippen molar-refractivity contribution in [2.45, 2.75) is 32.9 Å². The highest BCUT2D eigenvalue weighted by Crippen LogP contribution is 2.27. The van der Waals surface area contributed by atoms with E-state index >= 15 is 0 Å². The molecule has 1 aliphatic rings. The highest BCUT2D eigenvalue weighted by molar-refractivity contribution is 14.0. The average Bonchev–Trinajstić information content (AvgIpc) is 3.26. The zero-order chi connectivity index (χ0) is 17.5. The maximum Gasteiger partial charge on any atom is 0.191 e. The Kier molecular flexibility index (Phi) is 8.21. The van der Waals surface area contributed by atoms with E-state index in [4.69, 9.17) is 9.73 Å². The summed E-state index contributed by atoms with van der Waals surface area (Å²) in [5.74, 6) is 2.26. The van der Waals surface area contributed by atoms with Crippen molar-refractivity contribution in [1.82, 2.24) is 20.4 Å². The van der Waals surface area contributed by atoms with Gasteiger partial charge in [-0.05, 0) is 30.5 Å². The Bertz CT molecular complexity index is 664. The molecule has 26 heavy (non-hydrogen) atoms. The molecule has 1 aromatic heterocycles. The lowest BCUT2D eigenvalue weighted by atomic mass is 10.1. The van der Waals surface area contributed by atoms with Crippen LogP contribution in [0.5, 0.6) is 5.75 Å². The van der Waals surface area contributed by atoms with Crippen molar-refractivity contribution in [2.75, 3.05) is 19.6 Å². The number of halogens is 1. The van der Waals surface area contributed by atoms with Gasteiger partial charge < -0.3 is 15.4 Å². The molecule has 0 spiro atoms. The molecular formula is C19H28IN5O. The van der Waals surface area contributed by atoms with Crippen LogP contribution in [-0.2, 0) is 13.0 Å². The fraction of sp³-hybridized carbons (Fsp3) is 0.474. The molecule has 0 aliphatic carbocycles. The first-order valence-electron chi connectivity index (χ1n) is 8.98. The van der Waals surface area contributed by atoms with E-state index in [-0.39, 0.29) is 30.1 Å². The van der Waals surface area contributed by atoms with Gasteiger partial charge >= 0.3 is 0 Å². The monoisotopic (exact) mass is 469 g/mol. The molecule has 1 aliphatic heterocycles. The summed E-state index contributed by atoms with van der Waals surface area (Å²) in [4.78, 5) is 4.70. The van der Waals surface area contributed by atoms with Crippen LogP contribution in [0.15, 0.2) is 47.7 Å². The van der Waals surface area contributed by atoms with Crippen molar-refractivity contribution < 1.29 is 4.74 Å². The van der Waals surface area contributed by atoms with Crippen molar-refractivity contribution in [3.63, 3.8) is 0 Å². The Hall–Kier alpha value is -1.77. The Balaban J connectivity index is 0.00000243. The van der Waals surface area contributed by atoms with Crippen LogP contribution in [0.25, 0.3) is 0 Å². The van der Waals surface area contributed by atoms with Gasteiger partial charge in [0.2, 0.25) is 0 Å². The van der Waals surface area contributed by atoms with Gasteiger partial charge in [0.15, 0.2) is 5.96 Å². The number of nitrogens with one attached hydrogen (secondary N) is 2. The van der Waals surface area contributed by atoms with E-state index in [1.807, 2.05) is 29.1 Å². The fourth-order valence-electron chi connectivity index (χ4n) is 2.95. The number of para-hydroxylation sites is 1. The molecule has 0 fully saturated rings. The van der Waals surface area contributed by atoms with Gasteiger partial charge in [0.1, 0.15) is 11.9 Å². The lowest BCUT2D eigenvalue weighted by Crippen LogP contribution is -2.42. The van der Waals surface area contributed by atoms with Crippen LogP contribution < -0.4 is 15.4 Å². The number of guanidine groups is 1. The second-order valence-electron chi connectivity index (χ2n) is 6.49. The van der Waals surface area contributed by atoms with Crippen LogP contribution in [0.2, 0.25) is 0 Å². The number of rotatable bonds is 7. The fourth-order valence-corrected chi connectivity index (χ4v) is 2.95. The largest absolute Gasteiger partial charge is 0.488 e. The molecule has 3 rings (SSSR count). The van der Waals surface area contributed by atoms with E-state index in [1.165, 1.54) is 5.56 Å². The number of ether oxygens (including phenoxy) is 1. The smallest absolute Gasteiger partial charge is 0.191 e. The Morgan fingerprint density at radius 2 is 2.19 bits per heavy atom. The molecule has 0 bridgehead atoms. The standard InChI is InChI=1S/C19H27N5O.HI/c1-3-20-19(21-12-15(2)14-24-10-6-9-23-24)22-13-17-11-16-7-4-5-8-18(16)25-17;/h4-10,15,17H,3,11-14H2,1-2H3,(H2,20,21,22);1H. The second-order valence-corrected chi connectivity index (χ2v) is 6.49. The molecule has 7 heteroatoms. The number of nitrogens with zero attached hydrogens (tertiary/aromatic N) is 3. The summed E-state index contributed by atoms with van der Waals surface area (Å²) in [6, 6.07) is 10.2. The summed E-state index contributed by atoms with van der Waals surface area (Å²) in [5, 5.41) is 11.0. The number of aliphatic imine (C=N–C) groups is 1. The van der Waals surface area contributed by atoms with Crippen LogP contribution in [0, 0.1) is 5.92 Å². The Morgan fingerprint density at radius 3 is 2.92 bits per heavy atom. The summed E-state index contributed by atoms with van der Waals surface area (Å²) in [6.07, 6.45) is 4.89. The van der Waals surface area contributed by atoms with E-state index in [0.717, 1.165) is 44.3 Å². The first kappa shape index (κ1) is 20.5. The first-order chi connectivity index (χ1) is 12.2. The van der Waals surface area contributed by atoms with Gasteiger partial charge in [-0.3, -0.25) is 9.67 Å². The maximum absolute atomic E-state index is 5.97. The number of benzene rings is 1. The third-order valence-corrected chi connectivity index (χ3v) is 4.17. The van der Waals surface area contributed by atoms with Crippen LogP contribution in [0.3, 0.4) is 0 Å². The molecule has 2 unspecified atom stereocenters. The number of aromatic nitrogens is 2. The summed E-state index contributed by atoms with van der Waals surface area (Å²) < 4.78 is 7.92. The van der Waals surface area contributed by atoms with E-state index in [2.05, 4.69) is 41.7 Å². The molecular weight excluding hydrogens is 441 g/mol. The first-order valence-corrected chi connectivity index (χ1v) is 8.98. The van der Waals surface area contributed by atoms with Gasteiger partial charge in [-0.25, -0.2) is 0 Å². The molecule has 0 saturated heterocycles. The van der Waals surface area contributed by atoms with E-state index in [1.54, 1.807) is 6.20 Å². The van der Waals surface area contributed by atoms with Gasteiger partial charge in [-0.2, -0.15) is 5.10 Å². The predicted molar refractivity (Wildman–Crippen MR) is 115 cm³/mol. The predicted octanol–water partition coefficient (Wildman–Crippen LogP) is 2.70. The molecule has 2 heterocycles. The SMILES string of the molecule is CCNC(=NCC(C)Cn1cccn1)NCC1Cc2ccccc2O1.I. The topological polar surface area (TPSA) is 63.5 Å². The summed E-state index contributed by atoms with van der Waals surface area (Å²) in [6.45, 7) is 7.47. The minimum absolute atomic E-state index is 0. The van der Waals surface area contributed by atoms with Crippen LogP contribution in [-0.4, -0.2) is 41.5 Å². The van der Waals surface area contributed by atoms with Crippen LogP contribution in [0.4, 0.5) is 0 Å². The summed E-state index contributed by atoms with van der Waals surface area (Å²) >= 11 is 0. The van der Waals surface area contributed by atoms with Crippen molar-refractivity contribution in [3.8, 4) is 5.75 Å². The van der Waals surface area contributed by atoms with Gasteiger partial charge in [-0.15, -0.1) is 24.0 Å². The molecule has 2 atom stereocenters. The van der Waals surface area contributed by atoms with Crippen molar-refractivity contribution in [3.05, 3.63) is 48.3 Å². The molecule has 2 N–H and O–H groups in total. The molecule has 1 aromatic carbocycles. The van der Waals surface area contributed by atoms with E-state index in [0.29, 0.717) is 5.92 Å². The van der Waals surface area contributed by atoms with Crippen molar-refractivity contribution in [2.24, 2.45) is 10.9 Å². The maximum atomic E-state index is 5.97. The number of hydrogen-bond donors (Lipinski definition) is 2. The van der Waals surface area contributed by atoms with E-state index in [9.17, 15) is 0 Å². The molecule has 0 saturated carbocycles. The van der Waals surface area contributed by atoms with Gasteiger partial charge in [-0.1, -0.05) is 25.1 Å². The zero-order valence-corrected chi connectivity index (χ0v) is 17.7. The average molecular weight is 469 g/mol. The Labute approximate surface area is 172 Å². The van der Waals surface area contributed by atoms with Crippen LogP contribution in [0.1, 0.15) is 19.4 Å². The third-order valence-electron chi connectivity index (χ3n) is 4.17. The van der Waals surface area contributed by atoms with Crippen molar-refractivity contribution in [1.29, 1.82) is 0 Å². The lowest BCUT2D eigenvalue weighted by molar-refractivity contribution is 0.235. The normalized spacial score (nSPS) is 17.0. The number of fused-ring (bicyclic) bond motifs is 1. The van der Waals surface area contributed by atoms with Gasteiger partial charge in [0.25, 0.3) is 0 Å². The van der Waals surface area contributed by atoms with Gasteiger partial charge in [0, 0.05) is 38.4 Å². The minimum atomic E-state index is 0. The molecule has 0 amide bonds. The van der Waals surface area contributed by atoms with Crippen molar-refractivity contribution >= 4 is 29.9 Å². The molecule has 2 aromatic rings. The lowest BCUT2D eigenvalue weighted by Gasteiger charge is -2.16. The zero-order valence-electron chi connectivity index (χ0n) is 15.4. The Morgan fingerprint density at radius 1 is 1.35 bits per heavy atom. The van der Waals surface area contributed by atoms with Gasteiger partial charge in [0.05, 0.1) is 6.54 Å².